The summed E-state index contributed by atoms with van der Waals surface area (Å²) in [6.45, 7) is 6.43. The summed E-state index contributed by atoms with van der Waals surface area (Å²) in [5, 5.41) is 16.9. The molecule has 487 valence electrons. The van der Waals surface area contributed by atoms with Crippen molar-refractivity contribution in [3.8, 4) is 0 Å². The first-order valence-electron chi connectivity index (χ1n) is 30.7. The normalized spacial score (nSPS) is 11.1. The van der Waals surface area contributed by atoms with Gasteiger partial charge in [-0.1, -0.05) is 123 Å². The molecule has 0 fully saturated rings. The maximum absolute atomic E-state index is 13.4. The number of nitrogens with zero attached hydrogens (tertiary/aromatic N) is 10. The first-order chi connectivity index (χ1) is 45.8. The van der Waals surface area contributed by atoms with Crippen LogP contribution < -0.4 is 0 Å². The van der Waals surface area contributed by atoms with Crippen LogP contribution in [0.25, 0.3) is 148 Å². The number of pyridine rings is 5. The van der Waals surface area contributed by atoms with E-state index in [4.69, 9.17) is 4.98 Å². The number of halogens is 1. The molecule has 0 spiro atoms. The van der Waals surface area contributed by atoms with E-state index in [0.717, 1.165) is 82.5 Å². The SMILES string of the molecule is Cc1cc2c3ccc[c-]c3c3nccn3c2cc1C.Cc1ccc2c(c1)c1ccc[c-]c1c1nccn21.Fc1c[c-]c2c(c1)c1ccccc1n1ccnc21.[Ir].[Ir].[Ir].[Ir].[Ir].[c-]1cccc2c1c1nc3ccccc3n1c1ccccc21.[c-]1cccc2c1c1nccn1c1ccccc21. The fraction of sp³-hybridized carbons (Fsp3) is 0.0366. The molecule has 0 saturated heterocycles. The Morgan fingerprint density at radius 3 is 1.18 bits per heavy atom. The number of fused-ring (bicyclic) bond motifs is 32. The minimum atomic E-state index is -0.274. The van der Waals surface area contributed by atoms with Gasteiger partial charge in [0.2, 0.25) is 0 Å². The van der Waals surface area contributed by atoms with Gasteiger partial charge < -0.3 is 22.0 Å². The second-order valence-corrected chi connectivity index (χ2v) is 23.2. The Kier molecular flexibility index (Phi) is 20.2. The summed E-state index contributed by atoms with van der Waals surface area (Å²) in [7, 11) is 0. The average Bonchev–Trinajstić information content (AvgIpc) is 1.55. The van der Waals surface area contributed by atoms with Crippen molar-refractivity contribution in [3.63, 3.8) is 0 Å². The summed E-state index contributed by atoms with van der Waals surface area (Å²) in [6.07, 6.45) is 15.2. The van der Waals surface area contributed by atoms with Crippen LogP contribution in [-0.4, -0.2) is 46.9 Å². The van der Waals surface area contributed by atoms with Crippen LogP contribution in [0.4, 0.5) is 4.39 Å². The second kappa shape index (κ2) is 28.8. The van der Waals surface area contributed by atoms with Gasteiger partial charge in [-0.2, -0.15) is 0 Å². The van der Waals surface area contributed by atoms with E-state index in [0.29, 0.717) is 0 Å². The number of para-hydroxylation sites is 5. The van der Waals surface area contributed by atoms with E-state index in [1.165, 1.54) is 87.9 Å². The van der Waals surface area contributed by atoms with E-state index in [2.05, 4.69) is 210 Å². The fourth-order valence-corrected chi connectivity index (χ4v) is 13.4. The Balaban J connectivity index is 0.000000115. The molecule has 0 saturated carbocycles. The Morgan fingerprint density at radius 1 is 0.306 bits per heavy atom. The Labute approximate surface area is 629 Å². The van der Waals surface area contributed by atoms with Gasteiger partial charge in [0.15, 0.2) is 0 Å². The molecular weight excluding hydrogens is 2110 g/mol. The third-order valence-electron chi connectivity index (χ3n) is 17.8. The van der Waals surface area contributed by atoms with Crippen molar-refractivity contribution in [2.75, 3.05) is 0 Å². The molecule has 0 bridgehead atoms. The molecule has 16 heteroatoms. The minimum Gasteiger partial charge on any atom is -0.340 e. The Bertz CT molecular complexity index is 6330. The van der Waals surface area contributed by atoms with E-state index in [1.807, 2.05) is 127 Å². The predicted octanol–water partition coefficient (Wildman–Crippen LogP) is 19.4. The van der Waals surface area contributed by atoms with Gasteiger partial charge in [-0.25, -0.2) is 0 Å². The Hall–Kier alpha value is -9.09. The number of rotatable bonds is 0. The first-order valence-corrected chi connectivity index (χ1v) is 30.7. The molecule has 10 nitrogen and oxygen atoms in total. The summed E-state index contributed by atoms with van der Waals surface area (Å²) in [5.74, 6) is -0.274. The van der Waals surface area contributed by atoms with E-state index >= 15 is 0 Å². The zero-order valence-electron chi connectivity index (χ0n) is 52.3. The van der Waals surface area contributed by atoms with Gasteiger partial charge in [-0.3, -0.25) is 29.3 Å². The fourth-order valence-electron chi connectivity index (χ4n) is 13.4. The van der Waals surface area contributed by atoms with Crippen LogP contribution in [0.15, 0.2) is 262 Å². The van der Waals surface area contributed by atoms with Gasteiger partial charge >= 0.3 is 0 Å². The van der Waals surface area contributed by atoms with Crippen molar-refractivity contribution < 1.29 is 105 Å². The van der Waals surface area contributed by atoms with Gasteiger partial charge in [0, 0.05) is 184 Å². The molecule has 0 amide bonds. The van der Waals surface area contributed by atoms with Crippen molar-refractivity contribution in [2.45, 2.75) is 20.8 Å². The van der Waals surface area contributed by atoms with Gasteiger partial charge in [0.05, 0.1) is 39.3 Å². The third kappa shape index (κ3) is 11.8. The number of aryl methyl sites for hydroxylation is 3. The largest absolute Gasteiger partial charge is 0.340 e. The van der Waals surface area contributed by atoms with Crippen molar-refractivity contribution in [3.05, 3.63) is 315 Å². The van der Waals surface area contributed by atoms with E-state index in [-0.39, 0.29) is 106 Å². The maximum atomic E-state index is 13.4. The predicted molar refractivity (Wildman–Crippen MR) is 377 cm³/mol. The first kappa shape index (κ1) is 68.8. The number of benzene rings is 11. The van der Waals surface area contributed by atoms with Crippen LogP contribution in [0.3, 0.4) is 0 Å². The molecule has 21 aromatic rings. The molecule has 0 unspecified atom stereocenters. The number of aromatic nitrogens is 10. The summed E-state index contributed by atoms with van der Waals surface area (Å²) in [6, 6.07) is 87.7. The van der Waals surface area contributed by atoms with Crippen LogP contribution >= 0.6 is 0 Å². The van der Waals surface area contributed by atoms with Gasteiger partial charge in [-0.15, -0.1) is 137 Å². The molecule has 0 aliphatic rings. The van der Waals surface area contributed by atoms with Crippen molar-refractivity contribution >= 4 is 148 Å². The van der Waals surface area contributed by atoms with Gasteiger partial charge in [-0.05, 0) is 101 Å². The molecule has 10 aromatic heterocycles. The smallest absolute Gasteiger partial charge is 0.0774 e. The number of hydrogen-bond acceptors (Lipinski definition) is 5. The summed E-state index contributed by atoms with van der Waals surface area (Å²) in [4.78, 5) is 22.5. The zero-order chi connectivity index (χ0) is 62.3. The van der Waals surface area contributed by atoms with Crippen LogP contribution in [0, 0.1) is 56.9 Å². The van der Waals surface area contributed by atoms with Crippen molar-refractivity contribution in [2.24, 2.45) is 0 Å². The Morgan fingerprint density at radius 2 is 0.673 bits per heavy atom. The van der Waals surface area contributed by atoms with E-state index in [1.54, 1.807) is 12.3 Å². The van der Waals surface area contributed by atoms with Crippen molar-refractivity contribution in [1.82, 2.24) is 46.9 Å². The maximum Gasteiger partial charge on any atom is 0.0774 e. The molecule has 10 heterocycles. The molecule has 0 aliphatic carbocycles. The van der Waals surface area contributed by atoms with Crippen LogP contribution in [0.5, 0.6) is 0 Å². The van der Waals surface area contributed by atoms with Gasteiger partial charge in [0.25, 0.3) is 0 Å². The second-order valence-electron chi connectivity index (χ2n) is 23.2. The molecule has 5 radical (unpaired) electrons. The van der Waals surface area contributed by atoms with E-state index in [9.17, 15) is 4.39 Å². The van der Waals surface area contributed by atoms with Crippen LogP contribution in [-0.2, 0) is 101 Å². The van der Waals surface area contributed by atoms with Crippen LogP contribution in [0.1, 0.15) is 16.7 Å². The molecule has 98 heavy (non-hydrogen) atoms. The molecule has 21 rings (SSSR count). The quantitative estimate of drug-likeness (QED) is 0.112. The number of imidazole rings is 5. The summed E-state index contributed by atoms with van der Waals surface area (Å²) in [5.41, 5.74) is 16.6. The minimum absolute atomic E-state index is 0. The molecular formula is C82H52FIr5N10-5. The average molecular weight is 2160 g/mol. The third-order valence-corrected chi connectivity index (χ3v) is 17.8. The van der Waals surface area contributed by atoms with Crippen LogP contribution in [0.2, 0.25) is 0 Å². The summed E-state index contributed by atoms with van der Waals surface area (Å²) >= 11 is 0. The zero-order valence-corrected chi connectivity index (χ0v) is 64.3. The van der Waals surface area contributed by atoms with Gasteiger partial charge in [0.1, 0.15) is 0 Å². The molecule has 0 N–H and O–H groups in total. The van der Waals surface area contributed by atoms with Crippen molar-refractivity contribution in [1.29, 1.82) is 0 Å². The summed E-state index contributed by atoms with van der Waals surface area (Å²) < 4.78 is 24.1. The molecule has 0 atom stereocenters. The van der Waals surface area contributed by atoms with E-state index < -0.39 is 0 Å². The molecule has 11 aromatic carbocycles. The topological polar surface area (TPSA) is 86.5 Å². The number of hydrogen-bond donors (Lipinski definition) is 0. The monoisotopic (exact) mass is 2160 g/mol. The standard InChI is InChI=1S/C19H11N2.C17H13N2.C16H11N2.C15H8FN2.C15H9N2.5Ir/c1-2-9-15-13(7-1)14-8-3-5-11-17(14)21-18-12-6-4-10-16(18)20-19(15)21;1-11-9-15-13-5-3-4-6-14(13)17-18-7-8-19(17)16(15)10-12(11)2;1-11-6-7-15-14(10-11)12-4-2-3-5-13(12)16-17-8-9-18(15)16;16-10-5-6-12-13(9-10)11-3-1-2-4-14(11)18-8-7-17-15(12)18;1-2-7-13-11(5-1)12-6-3-4-8-14(12)17-10-9-16-15(13)17;;;;;/h1-8,10-12H;3-5,7-10H,1-2H3;2-4,6-10H,1H3;1-5,7-9H;1-6,8-10H;;;;;/q5*-1;;;;;. The molecule has 0 aliphatic heterocycles.